The number of rotatable bonds is 2. The highest BCUT2D eigenvalue weighted by molar-refractivity contribution is 6.24. The molecule has 1 aliphatic rings. The van der Waals surface area contributed by atoms with Crippen LogP contribution in [0, 0.1) is 11.3 Å². The van der Waals surface area contributed by atoms with Gasteiger partial charge in [-0.3, -0.25) is 0 Å². The second-order valence-corrected chi connectivity index (χ2v) is 4.28. The summed E-state index contributed by atoms with van der Waals surface area (Å²) in [6.07, 6.45) is 2.71. The molecule has 22 heavy (non-hydrogen) atoms. The van der Waals surface area contributed by atoms with Crippen molar-refractivity contribution in [2.24, 2.45) is 17.0 Å². The van der Waals surface area contributed by atoms with Crippen LogP contribution in [0.15, 0.2) is 34.4 Å². The normalized spacial score (nSPS) is 13.5. The standard InChI is InChI=1S/C7H13N2.C6F3N4/c1-3-4-9-6-5-8(2)7-9;7-6(8,9)5-12-3(1-10)4(2-11)13-5/h5-7H,3-4H2,1-2H3;/q+1;-1. The van der Waals surface area contributed by atoms with Gasteiger partial charge in [0.1, 0.15) is 24.2 Å². The molecule has 0 bridgehead atoms. The van der Waals surface area contributed by atoms with E-state index in [1.165, 1.54) is 18.4 Å². The number of nitrogens with zero attached hydrogens (tertiary/aromatic N) is 6. The van der Waals surface area contributed by atoms with E-state index in [1.54, 1.807) is 0 Å². The maximum absolute atomic E-state index is 11.9. The Morgan fingerprint density at radius 2 is 2.09 bits per heavy atom. The van der Waals surface area contributed by atoms with E-state index < -0.39 is 23.4 Å². The van der Waals surface area contributed by atoms with Gasteiger partial charge in [-0.15, -0.1) is 0 Å². The number of hydrogen-bond donors (Lipinski definition) is 0. The summed E-state index contributed by atoms with van der Waals surface area (Å²) in [5.41, 5.74) is -1.20. The predicted molar refractivity (Wildman–Crippen MR) is 74.3 cm³/mol. The van der Waals surface area contributed by atoms with Gasteiger partial charge in [-0.2, -0.15) is 18.4 Å². The highest BCUT2D eigenvalue weighted by Crippen LogP contribution is 2.23. The fourth-order valence-electron chi connectivity index (χ4n) is 1.52. The highest BCUT2D eigenvalue weighted by atomic mass is 19.4. The number of hydrogen-bond acceptors (Lipinski definition) is 3. The van der Waals surface area contributed by atoms with E-state index in [2.05, 4.69) is 44.8 Å². The van der Waals surface area contributed by atoms with Gasteiger partial charge in [0, 0.05) is 0 Å². The van der Waals surface area contributed by atoms with Gasteiger partial charge in [0.05, 0.1) is 13.6 Å². The van der Waals surface area contributed by atoms with Crippen LogP contribution in [0.2, 0.25) is 0 Å². The van der Waals surface area contributed by atoms with Gasteiger partial charge in [-0.05, 0) is 6.42 Å². The summed E-state index contributed by atoms with van der Waals surface area (Å²) in [6, 6.07) is 1.34. The quantitative estimate of drug-likeness (QED) is 0.605. The number of nitriles is 1. The van der Waals surface area contributed by atoms with E-state index in [4.69, 9.17) is 10.7 Å². The van der Waals surface area contributed by atoms with Gasteiger partial charge in [0.25, 0.3) is 0 Å². The minimum Gasteiger partial charge on any atom is -0.761 e. The molecule has 0 unspecified atom stereocenters. The average Bonchev–Trinajstić information content (AvgIpc) is 3.05. The number of amidine groups is 1. The lowest BCUT2D eigenvalue weighted by atomic mass is 10.3. The lowest BCUT2D eigenvalue weighted by Crippen LogP contribution is -2.23. The van der Waals surface area contributed by atoms with Gasteiger partial charge in [-0.1, -0.05) is 6.92 Å². The van der Waals surface area contributed by atoms with Gasteiger partial charge in [0.2, 0.25) is 12.2 Å². The molecule has 0 N–H and O–H groups in total. The zero-order chi connectivity index (χ0) is 16.8. The van der Waals surface area contributed by atoms with Crippen LogP contribution < -0.4 is 4.57 Å². The summed E-state index contributed by atoms with van der Waals surface area (Å²) in [4.78, 5) is 5.70. The summed E-state index contributed by atoms with van der Waals surface area (Å²) in [7, 11) is 2.03. The monoisotopic (exact) mass is 310 g/mol. The second kappa shape index (κ2) is 7.33. The van der Waals surface area contributed by atoms with Gasteiger partial charge >= 0.3 is 6.18 Å². The largest absolute Gasteiger partial charge is 0.761 e. The molecule has 1 aromatic heterocycles. The highest BCUT2D eigenvalue weighted by Gasteiger charge is 2.39. The van der Waals surface area contributed by atoms with Crippen molar-refractivity contribution >= 4 is 17.4 Å². The molecule has 0 radical (unpaired) electrons. The Morgan fingerprint density at radius 1 is 1.41 bits per heavy atom. The van der Waals surface area contributed by atoms with Crippen LogP contribution in [0.3, 0.4) is 0 Å². The van der Waals surface area contributed by atoms with Gasteiger partial charge < -0.3 is 5.41 Å². The van der Waals surface area contributed by atoms with Crippen molar-refractivity contribution < 1.29 is 17.7 Å². The maximum Gasteiger partial charge on any atom is 0.451 e. The molecule has 1 aromatic rings. The molecule has 2 rings (SSSR count). The lowest BCUT2D eigenvalue weighted by molar-refractivity contribution is -0.671. The molecule has 0 fully saturated rings. The van der Waals surface area contributed by atoms with E-state index >= 15 is 0 Å². The smallest absolute Gasteiger partial charge is 0.451 e. The fraction of sp³-hybridized carbons (Fsp3) is 0.385. The first-order valence-electron chi connectivity index (χ1n) is 6.25. The topological polar surface area (TPSA) is 79.6 Å². The Balaban J connectivity index is 0.000000235. The Bertz CT molecular complexity index is 683. The Labute approximate surface area is 125 Å². The SMILES string of the molecule is CCCn1cc[n+](C)c1.N#CC1=NC(C(F)(F)F)=NC1=C=[N-]. The molecule has 2 heterocycles. The van der Waals surface area contributed by atoms with Crippen LogP contribution in [0.25, 0.3) is 5.41 Å². The van der Waals surface area contributed by atoms with Crippen molar-refractivity contribution in [3.05, 3.63) is 29.8 Å². The van der Waals surface area contributed by atoms with Crippen molar-refractivity contribution in [2.75, 3.05) is 0 Å². The fourth-order valence-corrected chi connectivity index (χ4v) is 1.52. The van der Waals surface area contributed by atoms with Crippen molar-refractivity contribution in [1.82, 2.24) is 4.57 Å². The molecule has 0 saturated heterocycles. The van der Waals surface area contributed by atoms with Crippen molar-refractivity contribution in [3.63, 3.8) is 0 Å². The Kier molecular flexibility index (Phi) is 5.78. The second-order valence-electron chi connectivity index (χ2n) is 4.28. The molecule has 116 valence electrons. The van der Waals surface area contributed by atoms with Crippen LogP contribution in [0.5, 0.6) is 0 Å². The third kappa shape index (κ3) is 4.68. The van der Waals surface area contributed by atoms with Crippen LogP contribution in [-0.4, -0.2) is 28.2 Å². The molecule has 0 aliphatic carbocycles. The molecule has 0 atom stereocenters. The Hall–Kier alpha value is -2.72. The molecule has 1 aliphatic heterocycles. The number of alkyl halides is 3. The van der Waals surface area contributed by atoms with Gasteiger partial charge in [-0.25, -0.2) is 25.0 Å². The summed E-state index contributed by atoms with van der Waals surface area (Å²) in [5, 5.41) is 16.5. The number of aliphatic imine (C=N–C) groups is 2. The first-order chi connectivity index (χ1) is 10.3. The number of aryl methyl sites for hydroxylation is 2. The molecule has 6 nitrogen and oxygen atoms in total. The molecule has 0 aromatic carbocycles. The van der Waals surface area contributed by atoms with Crippen molar-refractivity contribution in [2.45, 2.75) is 26.1 Å². The van der Waals surface area contributed by atoms with E-state index in [0.29, 0.717) is 0 Å². The number of allylic oxidation sites excluding steroid dienone is 1. The zero-order valence-electron chi connectivity index (χ0n) is 12.0. The number of imidazole rings is 1. The summed E-state index contributed by atoms with van der Waals surface area (Å²) >= 11 is 0. The average molecular weight is 310 g/mol. The molecule has 0 saturated carbocycles. The van der Waals surface area contributed by atoms with Crippen LogP contribution in [0.1, 0.15) is 13.3 Å². The van der Waals surface area contributed by atoms with Crippen molar-refractivity contribution in [1.29, 1.82) is 5.26 Å². The van der Waals surface area contributed by atoms with Crippen LogP contribution in [-0.2, 0) is 13.6 Å². The van der Waals surface area contributed by atoms with Gasteiger partial charge in [0.15, 0.2) is 5.71 Å². The molecule has 9 heteroatoms. The van der Waals surface area contributed by atoms with E-state index in [-0.39, 0.29) is 0 Å². The summed E-state index contributed by atoms with van der Waals surface area (Å²) < 4.78 is 40.0. The lowest BCUT2D eigenvalue weighted by Gasteiger charge is -1.99. The van der Waals surface area contributed by atoms with Crippen LogP contribution >= 0.6 is 0 Å². The first-order valence-corrected chi connectivity index (χ1v) is 6.25. The molecular formula is C13H13F3N6. The number of halogens is 3. The van der Waals surface area contributed by atoms with Crippen molar-refractivity contribution in [3.8, 4) is 6.07 Å². The molecule has 0 amide bonds. The zero-order valence-corrected chi connectivity index (χ0v) is 12.0. The van der Waals surface area contributed by atoms with E-state index in [1.807, 2.05) is 7.05 Å². The predicted octanol–water partition coefficient (Wildman–Crippen LogP) is 1.77. The Morgan fingerprint density at radius 3 is 2.45 bits per heavy atom. The summed E-state index contributed by atoms with van der Waals surface area (Å²) in [5.74, 6) is -0.115. The summed E-state index contributed by atoms with van der Waals surface area (Å²) in [6.45, 7) is 3.31. The van der Waals surface area contributed by atoms with Crippen LogP contribution in [0.4, 0.5) is 13.2 Å². The molecular weight excluding hydrogens is 297 g/mol. The van der Waals surface area contributed by atoms with E-state index in [0.717, 1.165) is 6.54 Å². The third-order valence-corrected chi connectivity index (χ3v) is 2.43. The third-order valence-electron chi connectivity index (χ3n) is 2.43. The first kappa shape index (κ1) is 17.3. The number of aromatic nitrogens is 2. The molecule has 0 spiro atoms. The minimum atomic E-state index is -4.72. The maximum atomic E-state index is 11.9. The minimum absolute atomic E-state index is 0.602. The van der Waals surface area contributed by atoms with E-state index in [9.17, 15) is 13.2 Å².